The van der Waals surface area contributed by atoms with Crippen molar-refractivity contribution in [3.8, 4) is 0 Å². The van der Waals surface area contributed by atoms with Gasteiger partial charge in [0, 0.05) is 6.54 Å². The summed E-state index contributed by atoms with van der Waals surface area (Å²) < 4.78 is 5.05. The Bertz CT molecular complexity index is 545. The van der Waals surface area contributed by atoms with E-state index in [1.54, 1.807) is 51.1 Å². The molecule has 6 nitrogen and oxygen atoms in total. The van der Waals surface area contributed by atoms with Gasteiger partial charge in [-0.3, -0.25) is 4.79 Å². The number of hydrogen-bond acceptors (Lipinski definition) is 5. The molecule has 0 spiro atoms. The fourth-order valence-corrected chi connectivity index (χ4v) is 1.79. The van der Waals surface area contributed by atoms with Crippen molar-refractivity contribution in [2.75, 3.05) is 6.54 Å². The molecule has 0 heterocycles. The SMILES string of the molecule is CC(C)(C)OC(=O)NCC(O)C(O)c1ccc(/C=C/C=O)cc1. The zero-order valence-electron chi connectivity index (χ0n) is 13.5. The van der Waals surface area contributed by atoms with E-state index < -0.39 is 23.9 Å². The smallest absolute Gasteiger partial charge is 0.407 e. The molecule has 2 unspecified atom stereocenters. The molecule has 0 aromatic heterocycles. The van der Waals surface area contributed by atoms with Crippen LogP contribution in [-0.4, -0.2) is 40.8 Å². The number of ether oxygens (including phenoxy) is 1. The molecule has 1 aromatic rings. The van der Waals surface area contributed by atoms with Crippen LogP contribution in [0, 0.1) is 0 Å². The van der Waals surface area contributed by atoms with Crippen molar-refractivity contribution >= 4 is 18.5 Å². The van der Waals surface area contributed by atoms with Gasteiger partial charge in [-0.1, -0.05) is 30.3 Å². The molecule has 0 saturated heterocycles. The summed E-state index contributed by atoms with van der Waals surface area (Å²) in [6.45, 7) is 5.07. The summed E-state index contributed by atoms with van der Waals surface area (Å²) in [5.41, 5.74) is 0.680. The molecule has 0 fully saturated rings. The molecule has 126 valence electrons. The second-order valence-corrected chi connectivity index (χ2v) is 6.06. The van der Waals surface area contributed by atoms with Gasteiger partial charge in [-0.2, -0.15) is 0 Å². The second kappa shape index (κ2) is 8.45. The van der Waals surface area contributed by atoms with E-state index >= 15 is 0 Å². The number of aliphatic hydroxyl groups excluding tert-OH is 2. The lowest BCUT2D eigenvalue weighted by atomic mass is 10.0. The minimum atomic E-state index is -1.17. The van der Waals surface area contributed by atoms with Gasteiger partial charge >= 0.3 is 6.09 Å². The van der Waals surface area contributed by atoms with Gasteiger partial charge in [-0.15, -0.1) is 0 Å². The predicted molar refractivity (Wildman–Crippen MR) is 86.7 cm³/mol. The highest BCUT2D eigenvalue weighted by Crippen LogP contribution is 2.18. The van der Waals surface area contributed by atoms with E-state index in [-0.39, 0.29) is 6.54 Å². The van der Waals surface area contributed by atoms with Gasteiger partial charge in [0.15, 0.2) is 0 Å². The summed E-state index contributed by atoms with van der Waals surface area (Å²) in [7, 11) is 0. The van der Waals surface area contributed by atoms with E-state index in [4.69, 9.17) is 4.74 Å². The number of amides is 1. The van der Waals surface area contributed by atoms with Crippen LogP contribution in [0.3, 0.4) is 0 Å². The topological polar surface area (TPSA) is 95.9 Å². The lowest BCUT2D eigenvalue weighted by molar-refractivity contribution is -0.104. The number of hydrogen-bond donors (Lipinski definition) is 3. The van der Waals surface area contributed by atoms with Crippen LogP contribution in [0.25, 0.3) is 6.08 Å². The number of aliphatic hydroxyl groups is 2. The number of nitrogens with one attached hydrogen (secondary N) is 1. The highest BCUT2D eigenvalue weighted by molar-refractivity contribution is 5.73. The Kier molecular flexibility index (Phi) is 6.93. The molecule has 6 heteroatoms. The lowest BCUT2D eigenvalue weighted by Gasteiger charge is -2.22. The van der Waals surface area contributed by atoms with Crippen LogP contribution in [0.2, 0.25) is 0 Å². The van der Waals surface area contributed by atoms with E-state index in [1.165, 1.54) is 6.08 Å². The van der Waals surface area contributed by atoms with E-state index in [0.29, 0.717) is 11.8 Å². The summed E-state index contributed by atoms with van der Waals surface area (Å²) in [6.07, 6.45) is 0.704. The van der Waals surface area contributed by atoms with Gasteiger partial charge < -0.3 is 20.3 Å². The maximum atomic E-state index is 11.5. The summed E-state index contributed by atoms with van der Waals surface area (Å²) in [5.74, 6) is 0. The summed E-state index contributed by atoms with van der Waals surface area (Å²) in [4.78, 5) is 21.8. The first-order chi connectivity index (χ1) is 10.7. The first kappa shape index (κ1) is 18.9. The number of allylic oxidation sites excluding steroid dienone is 1. The predicted octanol–water partition coefficient (Wildman–Crippen LogP) is 1.82. The van der Waals surface area contributed by atoms with Gasteiger partial charge in [-0.05, 0) is 38.0 Å². The summed E-state index contributed by atoms with van der Waals surface area (Å²) in [6, 6.07) is 6.72. The largest absolute Gasteiger partial charge is 0.444 e. The number of carbonyl (C=O) groups excluding carboxylic acids is 2. The van der Waals surface area contributed by atoms with Gasteiger partial charge in [0.2, 0.25) is 0 Å². The molecule has 1 rings (SSSR count). The lowest BCUT2D eigenvalue weighted by Crippen LogP contribution is -2.38. The summed E-state index contributed by atoms with van der Waals surface area (Å²) in [5, 5.41) is 22.4. The number of aldehydes is 1. The van der Waals surface area contributed by atoms with Crippen molar-refractivity contribution in [2.24, 2.45) is 0 Å². The van der Waals surface area contributed by atoms with Crippen molar-refractivity contribution in [1.29, 1.82) is 0 Å². The zero-order chi connectivity index (χ0) is 17.5. The molecule has 0 radical (unpaired) electrons. The number of alkyl carbamates (subject to hydrolysis) is 1. The van der Waals surface area contributed by atoms with Gasteiger partial charge in [-0.25, -0.2) is 4.79 Å². The third kappa shape index (κ3) is 7.08. The Balaban J connectivity index is 2.56. The minimum Gasteiger partial charge on any atom is -0.444 e. The zero-order valence-corrected chi connectivity index (χ0v) is 13.5. The van der Waals surface area contributed by atoms with Gasteiger partial charge in [0.25, 0.3) is 0 Å². The van der Waals surface area contributed by atoms with Gasteiger partial charge in [0.1, 0.15) is 24.1 Å². The van der Waals surface area contributed by atoms with Crippen LogP contribution >= 0.6 is 0 Å². The molecule has 0 saturated carbocycles. The maximum absolute atomic E-state index is 11.5. The van der Waals surface area contributed by atoms with E-state index in [9.17, 15) is 19.8 Å². The van der Waals surface area contributed by atoms with Crippen LogP contribution in [0.5, 0.6) is 0 Å². The Labute approximate surface area is 135 Å². The molecule has 1 aromatic carbocycles. The molecular weight excluding hydrogens is 298 g/mol. The average molecular weight is 321 g/mol. The average Bonchev–Trinajstić information content (AvgIpc) is 2.48. The van der Waals surface area contributed by atoms with Crippen molar-refractivity contribution in [2.45, 2.75) is 38.6 Å². The molecule has 1 amide bonds. The van der Waals surface area contributed by atoms with Crippen molar-refractivity contribution in [3.05, 3.63) is 41.5 Å². The highest BCUT2D eigenvalue weighted by atomic mass is 16.6. The van der Waals surface area contributed by atoms with E-state index in [2.05, 4.69) is 5.32 Å². The standard InChI is InChI=1S/C17H23NO5/c1-17(2,3)23-16(22)18-11-14(20)15(21)13-8-6-12(7-9-13)5-4-10-19/h4-10,14-15,20-21H,11H2,1-3H3,(H,18,22)/b5-4+. The quantitative estimate of drug-likeness (QED) is 0.548. The van der Waals surface area contributed by atoms with E-state index in [0.717, 1.165) is 5.56 Å². The first-order valence-corrected chi connectivity index (χ1v) is 7.27. The normalized spacial score (nSPS) is 14.3. The Morgan fingerprint density at radius 1 is 1.26 bits per heavy atom. The molecule has 0 aliphatic carbocycles. The first-order valence-electron chi connectivity index (χ1n) is 7.27. The number of rotatable bonds is 6. The second-order valence-electron chi connectivity index (χ2n) is 6.06. The number of carbonyl (C=O) groups is 2. The molecule has 0 aliphatic rings. The highest BCUT2D eigenvalue weighted by Gasteiger charge is 2.21. The maximum Gasteiger partial charge on any atom is 0.407 e. The third-order valence-electron chi connectivity index (χ3n) is 2.86. The minimum absolute atomic E-state index is 0.136. The third-order valence-corrected chi connectivity index (χ3v) is 2.86. The molecule has 2 atom stereocenters. The van der Waals surface area contributed by atoms with Crippen molar-refractivity contribution in [3.63, 3.8) is 0 Å². The van der Waals surface area contributed by atoms with Crippen LogP contribution in [0.15, 0.2) is 30.3 Å². The molecule has 0 aliphatic heterocycles. The monoisotopic (exact) mass is 321 g/mol. The van der Waals surface area contributed by atoms with Gasteiger partial charge in [0.05, 0.1) is 0 Å². The Hall–Kier alpha value is -2.18. The van der Waals surface area contributed by atoms with Crippen molar-refractivity contribution in [1.82, 2.24) is 5.32 Å². The fourth-order valence-electron chi connectivity index (χ4n) is 1.79. The van der Waals surface area contributed by atoms with Crippen LogP contribution in [0.1, 0.15) is 38.0 Å². The summed E-state index contributed by atoms with van der Waals surface area (Å²) >= 11 is 0. The molecule has 23 heavy (non-hydrogen) atoms. The molecular formula is C17H23NO5. The van der Waals surface area contributed by atoms with Crippen LogP contribution < -0.4 is 5.32 Å². The number of benzene rings is 1. The van der Waals surface area contributed by atoms with Crippen LogP contribution in [0.4, 0.5) is 4.79 Å². The Morgan fingerprint density at radius 3 is 2.39 bits per heavy atom. The molecule has 0 bridgehead atoms. The van der Waals surface area contributed by atoms with E-state index in [1.807, 2.05) is 0 Å². The Morgan fingerprint density at radius 2 is 1.87 bits per heavy atom. The molecule has 3 N–H and O–H groups in total. The fraction of sp³-hybridized carbons (Fsp3) is 0.412. The van der Waals surface area contributed by atoms with Crippen LogP contribution in [-0.2, 0) is 9.53 Å². The van der Waals surface area contributed by atoms with Crippen molar-refractivity contribution < 1.29 is 24.5 Å².